The molecule has 0 spiro atoms. The van der Waals surface area contributed by atoms with Crippen LogP contribution in [-0.4, -0.2) is 34.6 Å². The topological polar surface area (TPSA) is 72.6 Å². The second kappa shape index (κ2) is 11.3. The molecule has 0 amide bonds. The first-order chi connectivity index (χ1) is 11.1. The highest BCUT2D eigenvalue weighted by atomic mass is 16.5. The highest BCUT2D eigenvalue weighted by Crippen LogP contribution is 2.27. The Morgan fingerprint density at radius 1 is 1.13 bits per heavy atom. The molecular weight excluding hydrogens is 292 g/mol. The Morgan fingerprint density at radius 2 is 1.87 bits per heavy atom. The van der Waals surface area contributed by atoms with Crippen LogP contribution in [0.1, 0.15) is 63.9 Å². The first kappa shape index (κ1) is 19.8. The summed E-state index contributed by atoms with van der Waals surface area (Å²) >= 11 is 0. The van der Waals surface area contributed by atoms with Gasteiger partial charge in [0.05, 0.1) is 13.2 Å². The molecule has 4 N–H and O–H groups in total. The summed E-state index contributed by atoms with van der Waals surface area (Å²) in [5.74, 6) is 0.591. The van der Waals surface area contributed by atoms with E-state index in [1.54, 1.807) is 12.1 Å². The number of phenolic OH excluding ortho intramolecular Hbond substituents is 1. The smallest absolute Gasteiger partial charge is 0.160 e. The third-order valence-corrected chi connectivity index (χ3v) is 4.22. The summed E-state index contributed by atoms with van der Waals surface area (Å²) in [4.78, 5) is 0. The summed E-state index contributed by atoms with van der Waals surface area (Å²) < 4.78 is 5.09. The Labute approximate surface area is 140 Å². The molecule has 23 heavy (non-hydrogen) atoms. The highest BCUT2D eigenvalue weighted by Gasteiger charge is 2.15. The molecule has 0 saturated heterocycles. The number of benzene rings is 1. The van der Waals surface area contributed by atoms with E-state index < -0.39 is 6.10 Å². The highest BCUT2D eigenvalue weighted by molar-refractivity contribution is 5.41. The number of hydrogen-bond acceptors (Lipinski definition) is 3. The number of ether oxygens (including phenoxy) is 1. The molecule has 0 heterocycles. The van der Waals surface area contributed by atoms with Crippen molar-refractivity contribution in [3.63, 3.8) is 0 Å². The van der Waals surface area contributed by atoms with Crippen LogP contribution in [0, 0.1) is 0 Å². The number of rotatable bonds is 12. The quantitative estimate of drug-likeness (QED) is 0.456. The molecule has 0 aliphatic rings. The standard InChI is InChI=1S/C19H32O4/c1-3-4-5-6-7-8-16(20)14-17(21)11-9-15-10-12-18(22)19(13-15)23-2/h10,12-13,16-17,20-22H,3-9,11,14H2,1-2H3/p+1. The van der Waals surface area contributed by atoms with Gasteiger partial charge in [-0.1, -0.05) is 38.7 Å². The normalized spacial score (nSPS) is 13.7. The van der Waals surface area contributed by atoms with E-state index in [1.807, 2.05) is 6.07 Å². The fraction of sp³-hybridized carbons (Fsp3) is 0.684. The second-order valence-corrected chi connectivity index (χ2v) is 6.33. The summed E-state index contributed by atoms with van der Waals surface area (Å²) in [7, 11) is 1.53. The summed E-state index contributed by atoms with van der Waals surface area (Å²) in [6.07, 6.45) is 8.26. The fourth-order valence-electron chi connectivity index (χ4n) is 2.77. The van der Waals surface area contributed by atoms with Crippen LogP contribution >= 0.6 is 0 Å². The second-order valence-electron chi connectivity index (χ2n) is 6.33. The minimum atomic E-state index is -0.437. The van der Waals surface area contributed by atoms with Crippen LogP contribution in [0.3, 0.4) is 0 Å². The molecule has 2 unspecified atom stereocenters. The molecule has 132 valence electrons. The van der Waals surface area contributed by atoms with Gasteiger partial charge in [0.15, 0.2) is 17.6 Å². The number of aromatic hydroxyl groups is 1. The van der Waals surface area contributed by atoms with E-state index in [-0.39, 0.29) is 11.9 Å². The molecule has 4 heteroatoms. The fourth-order valence-corrected chi connectivity index (χ4v) is 2.77. The summed E-state index contributed by atoms with van der Waals surface area (Å²) in [5, 5.41) is 27.7. The van der Waals surface area contributed by atoms with E-state index in [0.717, 1.165) is 24.8 Å². The molecule has 0 aliphatic carbocycles. The Morgan fingerprint density at radius 3 is 2.57 bits per heavy atom. The maximum absolute atomic E-state index is 10.1. The van der Waals surface area contributed by atoms with Gasteiger partial charge in [0.25, 0.3) is 0 Å². The van der Waals surface area contributed by atoms with Gasteiger partial charge in [-0.15, -0.1) is 0 Å². The van der Waals surface area contributed by atoms with E-state index in [1.165, 1.54) is 32.8 Å². The van der Waals surface area contributed by atoms with Crippen LogP contribution in [0.5, 0.6) is 11.5 Å². The average molecular weight is 325 g/mol. The number of aliphatic hydroxyl groups excluding tert-OH is 1. The predicted molar refractivity (Wildman–Crippen MR) is 94.4 cm³/mol. The van der Waals surface area contributed by atoms with Crippen molar-refractivity contribution < 1.29 is 20.1 Å². The number of methoxy groups -OCH3 is 1. The largest absolute Gasteiger partial charge is 0.504 e. The molecule has 0 bridgehead atoms. The zero-order chi connectivity index (χ0) is 17.1. The van der Waals surface area contributed by atoms with Crippen LogP contribution in [0.15, 0.2) is 18.2 Å². The lowest BCUT2D eigenvalue weighted by Gasteiger charge is -2.13. The number of phenols is 1. The zero-order valence-electron chi connectivity index (χ0n) is 14.6. The van der Waals surface area contributed by atoms with Crippen molar-refractivity contribution in [2.24, 2.45) is 0 Å². The monoisotopic (exact) mass is 325 g/mol. The molecule has 0 aliphatic heterocycles. The summed E-state index contributed by atoms with van der Waals surface area (Å²) in [5.41, 5.74) is 1.03. The lowest BCUT2D eigenvalue weighted by Crippen LogP contribution is -2.18. The van der Waals surface area contributed by atoms with Crippen molar-refractivity contribution in [2.45, 2.75) is 76.9 Å². The molecule has 1 rings (SSSR count). The summed E-state index contributed by atoms with van der Waals surface area (Å²) in [6, 6.07) is 5.26. The zero-order valence-corrected chi connectivity index (χ0v) is 14.6. The van der Waals surface area contributed by atoms with Gasteiger partial charge >= 0.3 is 0 Å². The van der Waals surface area contributed by atoms with Crippen LogP contribution < -0.4 is 4.74 Å². The van der Waals surface area contributed by atoms with E-state index in [9.17, 15) is 10.2 Å². The van der Waals surface area contributed by atoms with Gasteiger partial charge in [-0.3, -0.25) is 0 Å². The molecule has 0 radical (unpaired) electrons. The maximum Gasteiger partial charge on any atom is 0.160 e. The summed E-state index contributed by atoms with van der Waals surface area (Å²) in [6.45, 7) is 2.20. The van der Waals surface area contributed by atoms with E-state index in [0.29, 0.717) is 18.6 Å². The minimum absolute atomic E-state index is 0.131. The Hall–Kier alpha value is -1.26. The third kappa shape index (κ3) is 8.24. The molecule has 0 aromatic heterocycles. The van der Waals surface area contributed by atoms with Gasteiger partial charge in [0.2, 0.25) is 0 Å². The van der Waals surface area contributed by atoms with E-state index >= 15 is 0 Å². The van der Waals surface area contributed by atoms with Crippen LogP contribution in [0.25, 0.3) is 0 Å². The van der Waals surface area contributed by atoms with Gasteiger partial charge in [0, 0.05) is 12.8 Å². The van der Waals surface area contributed by atoms with Gasteiger partial charge in [-0.25, -0.2) is 0 Å². The van der Waals surface area contributed by atoms with Crippen molar-refractivity contribution >= 4 is 0 Å². The first-order valence-corrected chi connectivity index (χ1v) is 8.81. The van der Waals surface area contributed by atoms with Gasteiger partial charge in [0.1, 0.15) is 0 Å². The molecule has 0 saturated carbocycles. The number of aryl methyl sites for hydroxylation is 1. The molecule has 1 aromatic rings. The molecule has 4 nitrogen and oxygen atoms in total. The lowest BCUT2D eigenvalue weighted by molar-refractivity contribution is 0.0697. The van der Waals surface area contributed by atoms with Crippen LogP contribution in [-0.2, 0) is 6.42 Å². The maximum atomic E-state index is 10.1. The van der Waals surface area contributed by atoms with Gasteiger partial charge in [-0.05, 0) is 37.0 Å². The van der Waals surface area contributed by atoms with Gasteiger partial charge in [-0.2, -0.15) is 0 Å². The average Bonchev–Trinajstić information content (AvgIpc) is 2.54. The lowest BCUT2D eigenvalue weighted by atomic mass is 9.99. The van der Waals surface area contributed by atoms with Crippen LogP contribution in [0.2, 0.25) is 0 Å². The van der Waals surface area contributed by atoms with Crippen molar-refractivity contribution in [1.29, 1.82) is 0 Å². The number of unbranched alkanes of at least 4 members (excludes halogenated alkanes) is 4. The van der Waals surface area contributed by atoms with Crippen molar-refractivity contribution in [3.8, 4) is 11.5 Å². The molecule has 2 atom stereocenters. The van der Waals surface area contributed by atoms with Crippen molar-refractivity contribution in [1.82, 2.24) is 0 Å². The molecular formula is C19H33O4+. The number of aliphatic hydroxyl groups is 1. The van der Waals surface area contributed by atoms with Crippen LogP contribution in [0.4, 0.5) is 0 Å². The predicted octanol–water partition coefficient (Wildman–Crippen LogP) is 3.54. The minimum Gasteiger partial charge on any atom is -0.504 e. The van der Waals surface area contributed by atoms with E-state index in [4.69, 9.17) is 9.84 Å². The molecule has 1 aromatic carbocycles. The number of hydrogen-bond donors (Lipinski definition) is 2. The van der Waals surface area contributed by atoms with Crippen molar-refractivity contribution in [2.75, 3.05) is 7.11 Å². The van der Waals surface area contributed by atoms with Gasteiger partial charge < -0.3 is 20.1 Å². The van der Waals surface area contributed by atoms with E-state index in [2.05, 4.69) is 6.92 Å². The Kier molecular flexibility index (Phi) is 9.72. The Bertz CT molecular complexity index is 433. The first-order valence-electron chi connectivity index (χ1n) is 8.81. The SMILES string of the molecule is CCCCCCCC([OH2+])CC(O)CCc1ccc(O)c(OC)c1. The Balaban J connectivity index is 2.24. The third-order valence-electron chi connectivity index (χ3n) is 4.22. The van der Waals surface area contributed by atoms with Crippen molar-refractivity contribution in [3.05, 3.63) is 23.8 Å². The molecule has 0 fully saturated rings.